The summed E-state index contributed by atoms with van der Waals surface area (Å²) in [6.45, 7) is 1.96. The molecule has 4 atom stereocenters. The minimum atomic E-state index is -0.298. The summed E-state index contributed by atoms with van der Waals surface area (Å²) in [5, 5.41) is 20.2. The van der Waals surface area contributed by atoms with E-state index >= 15 is 0 Å². The fourth-order valence-electron chi connectivity index (χ4n) is 3.79. The van der Waals surface area contributed by atoms with Gasteiger partial charge in [0, 0.05) is 0 Å². The van der Waals surface area contributed by atoms with E-state index in [9.17, 15) is 15.0 Å². The van der Waals surface area contributed by atoms with Crippen LogP contribution in [-0.4, -0.2) is 28.2 Å². The maximum absolute atomic E-state index is 12.7. The van der Waals surface area contributed by atoms with Gasteiger partial charge in [0.1, 0.15) is 11.5 Å². The van der Waals surface area contributed by atoms with E-state index in [1.807, 2.05) is 19.1 Å². The van der Waals surface area contributed by atoms with E-state index in [-0.39, 0.29) is 41.3 Å². The number of aryl methyl sites for hydroxylation is 1. The molecule has 1 aromatic carbocycles. The van der Waals surface area contributed by atoms with E-state index in [0.29, 0.717) is 12.0 Å². The molecule has 4 rings (SSSR count). The van der Waals surface area contributed by atoms with Crippen molar-refractivity contribution in [3.63, 3.8) is 0 Å². The number of hydrogen-bond acceptors (Lipinski definition) is 4. The standard InChI is InChI=1S/C17H16O4/c1-2-8-7-9(18)3-4-10(8)13-16(19)14-11-5-6-12(21-11)15(14)17(13)20/h3-7,11-12,14-15,18-19H,2H2,1H3. The van der Waals surface area contributed by atoms with Crippen LogP contribution in [0.1, 0.15) is 18.1 Å². The van der Waals surface area contributed by atoms with Gasteiger partial charge < -0.3 is 14.9 Å². The first-order valence-electron chi connectivity index (χ1n) is 7.25. The number of phenolic OH excluding ortho intramolecular Hbond substituents is 1. The molecular formula is C17H16O4. The lowest BCUT2D eigenvalue weighted by molar-refractivity contribution is -0.118. The van der Waals surface area contributed by atoms with Crippen LogP contribution in [-0.2, 0) is 16.0 Å². The molecule has 1 aromatic rings. The second-order valence-corrected chi connectivity index (χ2v) is 5.82. The number of aliphatic hydroxyl groups excluding tert-OH is 1. The normalized spacial score (nSPS) is 33.1. The van der Waals surface area contributed by atoms with E-state index in [1.54, 1.807) is 18.2 Å². The van der Waals surface area contributed by atoms with Crippen LogP contribution < -0.4 is 0 Å². The van der Waals surface area contributed by atoms with Gasteiger partial charge in [0.15, 0.2) is 5.78 Å². The van der Waals surface area contributed by atoms with Gasteiger partial charge in [-0.1, -0.05) is 25.1 Å². The molecule has 0 amide bonds. The quantitative estimate of drug-likeness (QED) is 0.818. The van der Waals surface area contributed by atoms with Gasteiger partial charge >= 0.3 is 0 Å². The molecule has 0 spiro atoms. The van der Waals surface area contributed by atoms with Crippen molar-refractivity contribution in [3.05, 3.63) is 47.2 Å². The summed E-state index contributed by atoms with van der Waals surface area (Å²) in [6.07, 6.45) is 4.12. The lowest BCUT2D eigenvalue weighted by Gasteiger charge is -2.15. The van der Waals surface area contributed by atoms with Gasteiger partial charge in [0.25, 0.3) is 0 Å². The van der Waals surface area contributed by atoms with Crippen molar-refractivity contribution in [3.8, 4) is 5.75 Å². The number of carbonyl (C=O) groups is 1. The number of hydrogen-bond donors (Lipinski definition) is 2. The summed E-state index contributed by atoms with van der Waals surface area (Å²) >= 11 is 0. The van der Waals surface area contributed by atoms with Crippen LogP contribution in [0.4, 0.5) is 0 Å². The van der Waals surface area contributed by atoms with E-state index in [1.165, 1.54) is 0 Å². The largest absolute Gasteiger partial charge is 0.511 e. The van der Waals surface area contributed by atoms with Gasteiger partial charge in [0.05, 0.1) is 29.6 Å². The Morgan fingerprint density at radius 2 is 1.86 bits per heavy atom. The number of phenols is 1. The van der Waals surface area contributed by atoms with Crippen LogP contribution in [0.15, 0.2) is 36.1 Å². The van der Waals surface area contributed by atoms with Crippen LogP contribution in [0.2, 0.25) is 0 Å². The topological polar surface area (TPSA) is 66.8 Å². The number of rotatable bonds is 2. The van der Waals surface area contributed by atoms with Crippen molar-refractivity contribution in [2.24, 2.45) is 11.8 Å². The van der Waals surface area contributed by atoms with E-state index in [0.717, 1.165) is 11.1 Å². The summed E-state index contributed by atoms with van der Waals surface area (Å²) in [4.78, 5) is 12.7. The summed E-state index contributed by atoms with van der Waals surface area (Å²) in [5.41, 5.74) is 2.00. The lowest BCUT2D eigenvalue weighted by atomic mass is 9.84. The van der Waals surface area contributed by atoms with Gasteiger partial charge in [-0.25, -0.2) is 0 Å². The Bertz CT molecular complexity index is 701. The van der Waals surface area contributed by atoms with Crippen molar-refractivity contribution in [2.75, 3.05) is 0 Å². The van der Waals surface area contributed by atoms with Crippen molar-refractivity contribution < 1.29 is 19.7 Å². The summed E-state index contributed by atoms with van der Waals surface area (Å²) < 4.78 is 5.67. The number of ether oxygens (including phenoxy) is 1. The van der Waals surface area contributed by atoms with Crippen LogP contribution in [0.5, 0.6) is 5.75 Å². The Kier molecular flexibility index (Phi) is 2.54. The molecule has 0 radical (unpaired) electrons. The van der Waals surface area contributed by atoms with Crippen molar-refractivity contribution in [1.82, 2.24) is 0 Å². The van der Waals surface area contributed by atoms with Gasteiger partial charge in [-0.2, -0.15) is 0 Å². The second kappa shape index (κ2) is 4.21. The predicted octanol–water partition coefficient (Wildman–Crippen LogP) is 2.38. The summed E-state index contributed by atoms with van der Waals surface area (Å²) in [6, 6.07) is 4.93. The van der Waals surface area contributed by atoms with Gasteiger partial charge in [0.2, 0.25) is 0 Å². The molecule has 2 heterocycles. The monoisotopic (exact) mass is 284 g/mol. The molecule has 0 aromatic heterocycles. The number of allylic oxidation sites excluding steroid dienone is 1. The van der Waals surface area contributed by atoms with E-state index in [2.05, 4.69) is 0 Å². The third-order valence-corrected chi connectivity index (χ3v) is 4.76. The molecule has 1 saturated heterocycles. The van der Waals surface area contributed by atoms with E-state index < -0.39 is 0 Å². The summed E-state index contributed by atoms with van der Waals surface area (Å²) in [5.74, 6) is -0.280. The lowest BCUT2D eigenvalue weighted by Crippen LogP contribution is -2.26. The number of ketones is 1. The van der Waals surface area contributed by atoms with Crippen molar-refractivity contribution in [2.45, 2.75) is 25.6 Å². The highest BCUT2D eigenvalue weighted by Crippen LogP contribution is 2.51. The molecule has 4 nitrogen and oxygen atoms in total. The SMILES string of the molecule is CCc1cc(O)ccc1C1=C(O)C2C3C=CC(O3)C2C1=O. The molecule has 4 unspecified atom stereocenters. The molecule has 108 valence electrons. The average Bonchev–Trinajstić information content (AvgIpc) is 3.14. The number of fused-ring (bicyclic) bond motifs is 5. The number of aromatic hydroxyl groups is 1. The number of carbonyl (C=O) groups excluding carboxylic acids is 1. The fourth-order valence-corrected chi connectivity index (χ4v) is 3.79. The zero-order chi connectivity index (χ0) is 14.7. The molecule has 2 N–H and O–H groups in total. The number of Topliss-reactive ketones (excluding diaryl/α,β-unsaturated/α-hetero) is 1. The van der Waals surface area contributed by atoms with Crippen molar-refractivity contribution >= 4 is 11.4 Å². The minimum absolute atomic E-state index is 0.0465. The molecule has 4 heteroatoms. The van der Waals surface area contributed by atoms with Gasteiger partial charge in [-0.3, -0.25) is 4.79 Å². The Hall–Kier alpha value is -2.07. The Balaban J connectivity index is 1.85. The molecular weight excluding hydrogens is 268 g/mol. The first kappa shape index (κ1) is 12.7. The first-order valence-corrected chi connectivity index (χ1v) is 7.25. The highest BCUT2D eigenvalue weighted by Gasteiger charge is 2.57. The Labute approximate surface area is 122 Å². The molecule has 1 fully saturated rings. The zero-order valence-corrected chi connectivity index (χ0v) is 11.6. The first-order chi connectivity index (χ1) is 10.1. The van der Waals surface area contributed by atoms with Crippen molar-refractivity contribution in [1.29, 1.82) is 0 Å². The third kappa shape index (κ3) is 1.56. The maximum Gasteiger partial charge on any atom is 0.173 e. The second-order valence-electron chi connectivity index (χ2n) is 5.82. The maximum atomic E-state index is 12.7. The number of benzene rings is 1. The van der Waals surface area contributed by atoms with Crippen LogP contribution in [0.3, 0.4) is 0 Å². The van der Waals surface area contributed by atoms with Gasteiger partial charge in [-0.15, -0.1) is 0 Å². The molecule has 3 aliphatic rings. The minimum Gasteiger partial charge on any atom is -0.511 e. The van der Waals surface area contributed by atoms with Crippen LogP contribution in [0.25, 0.3) is 5.57 Å². The molecule has 2 aliphatic heterocycles. The number of aliphatic hydroxyl groups is 1. The highest BCUT2D eigenvalue weighted by molar-refractivity contribution is 6.25. The zero-order valence-electron chi connectivity index (χ0n) is 11.6. The Morgan fingerprint density at radius 3 is 2.52 bits per heavy atom. The molecule has 0 saturated carbocycles. The Morgan fingerprint density at radius 1 is 1.14 bits per heavy atom. The summed E-state index contributed by atoms with van der Waals surface area (Å²) in [7, 11) is 0. The van der Waals surface area contributed by atoms with Crippen LogP contribution >= 0.6 is 0 Å². The van der Waals surface area contributed by atoms with E-state index in [4.69, 9.17) is 4.74 Å². The molecule has 1 aliphatic carbocycles. The third-order valence-electron chi connectivity index (χ3n) is 4.76. The van der Waals surface area contributed by atoms with Crippen LogP contribution in [0, 0.1) is 11.8 Å². The molecule has 2 bridgehead atoms. The smallest absolute Gasteiger partial charge is 0.173 e. The highest BCUT2D eigenvalue weighted by atomic mass is 16.5. The fraction of sp³-hybridized carbons (Fsp3) is 0.353. The van der Waals surface area contributed by atoms with Gasteiger partial charge in [-0.05, 0) is 29.7 Å². The average molecular weight is 284 g/mol. The predicted molar refractivity (Wildman–Crippen MR) is 76.8 cm³/mol. The molecule has 21 heavy (non-hydrogen) atoms.